The van der Waals surface area contributed by atoms with Gasteiger partial charge in [0.15, 0.2) is 0 Å². The van der Waals surface area contributed by atoms with Crippen molar-refractivity contribution in [3.63, 3.8) is 0 Å². The number of rotatable bonds is 4. The molecule has 0 saturated carbocycles. The quantitative estimate of drug-likeness (QED) is 0.922. The summed E-state index contributed by atoms with van der Waals surface area (Å²) in [5.41, 5.74) is 8.27. The monoisotopic (exact) mass is 282 g/mol. The number of hydrogen-bond donors (Lipinski definition) is 1. The van der Waals surface area contributed by atoms with Gasteiger partial charge in [-0.1, -0.05) is 23.7 Å². The van der Waals surface area contributed by atoms with Gasteiger partial charge in [0.1, 0.15) is 0 Å². The molecule has 0 aromatic heterocycles. The molecule has 0 bridgehead atoms. The lowest BCUT2D eigenvalue weighted by Crippen LogP contribution is -2.47. The van der Waals surface area contributed by atoms with Crippen molar-refractivity contribution in [2.24, 2.45) is 5.73 Å². The smallest absolute Gasteiger partial charge is 0.0599 e. The van der Waals surface area contributed by atoms with E-state index in [1.54, 1.807) is 7.11 Å². The van der Waals surface area contributed by atoms with Gasteiger partial charge >= 0.3 is 0 Å². The van der Waals surface area contributed by atoms with E-state index in [2.05, 4.69) is 23.1 Å². The summed E-state index contributed by atoms with van der Waals surface area (Å²) in [6, 6.07) is 6.69. The molecule has 1 fully saturated rings. The van der Waals surface area contributed by atoms with E-state index in [-0.39, 0.29) is 0 Å². The minimum absolute atomic E-state index is 0.353. The number of aryl methyl sites for hydroxylation is 1. The van der Waals surface area contributed by atoms with Gasteiger partial charge in [0.25, 0.3) is 0 Å². The highest BCUT2D eigenvalue weighted by Crippen LogP contribution is 2.23. The molecule has 2 atom stereocenters. The van der Waals surface area contributed by atoms with Gasteiger partial charge in [-0.3, -0.25) is 4.90 Å². The van der Waals surface area contributed by atoms with Crippen LogP contribution in [0.15, 0.2) is 18.2 Å². The van der Waals surface area contributed by atoms with Crippen molar-refractivity contribution in [1.82, 2.24) is 4.90 Å². The molecule has 2 N–H and O–H groups in total. The molecule has 106 valence electrons. The van der Waals surface area contributed by atoms with E-state index in [1.165, 1.54) is 5.56 Å². The summed E-state index contributed by atoms with van der Waals surface area (Å²) < 4.78 is 5.45. The average Bonchev–Trinajstić information content (AvgIpc) is 2.43. The molecule has 1 aliphatic heterocycles. The van der Waals surface area contributed by atoms with E-state index >= 15 is 0 Å². The molecule has 1 aromatic rings. The van der Waals surface area contributed by atoms with Gasteiger partial charge < -0.3 is 10.5 Å². The lowest BCUT2D eigenvalue weighted by atomic mass is 9.98. The second kappa shape index (κ2) is 6.71. The second-order valence-corrected chi connectivity index (χ2v) is 5.73. The van der Waals surface area contributed by atoms with Gasteiger partial charge in [0.2, 0.25) is 0 Å². The van der Waals surface area contributed by atoms with Crippen LogP contribution >= 0.6 is 11.6 Å². The van der Waals surface area contributed by atoms with Crippen molar-refractivity contribution >= 4 is 11.6 Å². The Kier molecular flexibility index (Phi) is 5.22. The van der Waals surface area contributed by atoms with Crippen LogP contribution in [0.2, 0.25) is 5.02 Å². The Hall–Kier alpha value is -0.610. The van der Waals surface area contributed by atoms with Crippen molar-refractivity contribution in [3.05, 3.63) is 34.3 Å². The maximum Gasteiger partial charge on any atom is 0.0599 e. The maximum absolute atomic E-state index is 6.18. The Bertz CT molecular complexity index is 425. The summed E-state index contributed by atoms with van der Waals surface area (Å²) >= 11 is 6.18. The molecule has 1 saturated heterocycles. The van der Waals surface area contributed by atoms with Crippen molar-refractivity contribution in [3.8, 4) is 0 Å². The molecular weight excluding hydrogens is 260 g/mol. The molecular formula is C15H23ClN2O. The fraction of sp³-hybridized carbons (Fsp3) is 0.600. The lowest BCUT2D eigenvalue weighted by molar-refractivity contribution is 0.0102. The number of ether oxygens (including phenoxy) is 1. The summed E-state index contributed by atoms with van der Waals surface area (Å²) in [6.45, 7) is 4.66. The molecule has 19 heavy (non-hydrogen) atoms. The fourth-order valence-corrected chi connectivity index (χ4v) is 2.90. The third kappa shape index (κ3) is 3.69. The number of nitrogens with zero attached hydrogens (tertiary/aromatic N) is 1. The summed E-state index contributed by atoms with van der Waals surface area (Å²) in [5.74, 6) is 0. The van der Waals surface area contributed by atoms with E-state index in [0.717, 1.165) is 36.5 Å². The number of benzene rings is 1. The van der Waals surface area contributed by atoms with Crippen LogP contribution in [0.4, 0.5) is 0 Å². The Labute approximate surface area is 120 Å². The normalized spacial score (nSPS) is 24.6. The van der Waals surface area contributed by atoms with Crippen LogP contribution < -0.4 is 5.73 Å². The first-order chi connectivity index (χ1) is 9.13. The molecule has 0 spiro atoms. The first-order valence-electron chi connectivity index (χ1n) is 6.86. The van der Waals surface area contributed by atoms with Crippen LogP contribution in [0.1, 0.15) is 24.0 Å². The standard InChI is InChI=1S/C15H23ClN2O/c1-11-3-4-12(7-15(11)16)10-18-6-5-14(19-2)8-13(18)9-17/h3-4,7,13-14H,5-6,8-10,17H2,1-2H3. The Balaban J connectivity index is 2.03. The molecule has 3 nitrogen and oxygen atoms in total. The van der Waals surface area contributed by atoms with E-state index in [1.807, 2.05) is 6.92 Å². The third-order valence-electron chi connectivity index (χ3n) is 4.02. The molecule has 4 heteroatoms. The number of likely N-dealkylation sites (tertiary alicyclic amines) is 1. The molecule has 1 aromatic carbocycles. The molecule has 2 rings (SSSR count). The Morgan fingerprint density at radius 3 is 2.89 bits per heavy atom. The van der Waals surface area contributed by atoms with Crippen LogP contribution in [0, 0.1) is 6.92 Å². The summed E-state index contributed by atoms with van der Waals surface area (Å²) in [6.07, 6.45) is 2.45. The van der Waals surface area contributed by atoms with E-state index in [0.29, 0.717) is 18.7 Å². The van der Waals surface area contributed by atoms with Crippen LogP contribution in [0.25, 0.3) is 0 Å². The predicted octanol–water partition coefficient (Wildman–Crippen LogP) is 2.59. The van der Waals surface area contributed by atoms with Gasteiger partial charge in [-0.05, 0) is 37.0 Å². The topological polar surface area (TPSA) is 38.5 Å². The van der Waals surface area contributed by atoms with Crippen molar-refractivity contribution in [2.45, 2.75) is 38.5 Å². The van der Waals surface area contributed by atoms with Crippen LogP contribution in [0.5, 0.6) is 0 Å². The van der Waals surface area contributed by atoms with Gasteiger partial charge in [-0.2, -0.15) is 0 Å². The Morgan fingerprint density at radius 1 is 1.47 bits per heavy atom. The number of methoxy groups -OCH3 is 1. The van der Waals surface area contributed by atoms with E-state index < -0.39 is 0 Å². The van der Waals surface area contributed by atoms with Crippen molar-refractivity contribution in [1.29, 1.82) is 0 Å². The van der Waals surface area contributed by atoms with Gasteiger partial charge in [0.05, 0.1) is 6.10 Å². The average molecular weight is 283 g/mol. The number of halogens is 1. The van der Waals surface area contributed by atoms with Gasteiger partial charge in [0, 0.05) is 37.8 Å². The van der Waals surface area contributed by atoms with Crippen LogP contribution in [0.3, 0.4) is 0 Å². The van der Waals surface area contributed by atoms with Crippen molar-refractivity contribution < 1.29 is 4.74 Å². The second-order valence-electron chi connectivity index (χ2n) is 5.33. The van der Waals surface area contributed by atoms with Gasteiger partial charge in [-0.25, -0.2) is 0 Å². The minimum Gasteiger partial charge on any atom is -0.381 e. The van der Waals surface area contributed by atoms with E-state index in [4.69, 9.17) is 22.1 Å². The van der Waals surface area contributed by atoms with Crippen molar-refractivity contribution in [2.75, 3.05) is 20.2 Å². The first kappa shape index (κ1) is 14.8. The fourth-order valence-electron chi connectivity index (χ4n) is 2.70. The largest absolute Gasteiger partial charge is 0.381 e. The summed E-state index contributed by atoms with van der Waals surface area (Å²) in [7, 11) is 1.79. The maximum atomic E-state index is 6.18. The Morgan fingerprint density at radius 2 is 2.26 bits per heavy atom. The third-order valence-corrected chi connectivity index (χ3v) is 4.42. The summed E-state index contributed by atoms with van der Waals surface area (Å²) in [5, 5.41) is 0.841. The van der Waals surface area contributed by atoms with Crippen LogP contribution in [-0.4, -0.2) is 37.2 Å². The predicted molar refractivity (Wildman–Crippen MR) is 79.5 cm³/mol. The number of hydrogen-bond acceptors (Lipinski definition) is 3. The van der Waals surface area contributed by atoms with E-state index in [9.17, 15) is 0 Å². The molecule has 0 radical (unpaired) electrons. The molecule has 1 heterocycles. The number of piperidine rings is 1. The molecule has 0 amide bonds. The first-order valence-corrected chi connectivity index (χ1v) is 7.23. The highest BCUT2D eigenvalue weighted by Gasteiger charge is 2.27. The zero-order chi connectivity index (χ0) is 13.8. The molecule has 1 aliphatic rings. The van der Waals surface area contributed by atoms with Crippen LogP contribution in [-0.2, 0) is 11.3 Å². The highest BCUT2D eigenvalue weighted by molar-refractivity contribution is 6.31. The zero-order valence-corrected chi connectivity index (χ0v) is 12.5. The number of nitrogens with two attached hydrogens (primary N) is 1. The summed E-state index contributed by atoms with van der Waals surface area (Å²) in [4.78, 5) is 2.44. The van der Waals surface area contributed by atoms with Gasteiger partial charge in [-0.15, -0.1) is 0 Å². The highest BCUT2D eigenvalue weighted by atomic mass is 35.5. The molecule has 0 aliphatic carbocycles. The zero-order valence-electron chi connectivity index (χ0n) is 11.7. The molecule has 2 unspecified atom stereocenters. The minimum atomic E-state index is 0.353. The SMILES string of the molecule is COC1CCN(Cc2ccc(C)c(Cl)c2)C(CN)C1. The lowest BCUT2D eigenvalue weighted by Gasteiger charge is -2.38.